The minimum atomic E-state index is -0.552. The highest BCUT2D eigenvalue weighted by Gasteiger charge is 2.37. The molecule has 1 N–H and O–H groups in total. The normalized spacial score (nSPS) is 19.9. The molecule has 2 aliphatic heterocycles. The summed E-state index contributed by atoms with van der Waals surface area (Å²) in [7, 11) is 0. The summed E-state index contributed by atoms with van der Waals surface area (Å²) in [6, 6.07) is 16.2. The molecule has 2 heterocycles. The Bertz CT molecular complexity index is 1180. The van der Waals surface area contributed by atoms with Gasteiger partial charge in [-0.3, -0.25) is 0 Å². The van der Waals surface area contributed by atoms with Crippen LogP contribution in [0, 0.1) is 11.6 Å². The van der Waals surface area contributed by atoms with Gasteiger partial charge in [-0.25, -0.2) is 8.78 Å². The Hall–Kier alpha value is -3.14. The van der Waals surface area contributed by atoms with Gasteiger partial charge in [-0.2, -0.15) is 0 Å². The van der Waals surface area contributed by atoms with E-state index in [2.05, 4.69) is 30.4 Å². The number of anilines is 1. The van der Waals surface area contributed by atoms with Crippen LogP contribution in [0.3, 0.4) is 0 Å². The van der Waals surface area contributed by atoms with E-state index in [1.807, 2.05) is 32.0 Å². The number of hydrogen-bond donors (Lipinski definition) is 1. The number of rotatable bonds is 1. The molecule has 0 saturated heterocycles. The summed E-state index contributed by atoms with van der Waals surface area (Å²) in [4.78, 5) is 0. The Kier molecular flexibility index (Phi) is 4.21. The maximum Gasteiger partial charge on any atom is 0.133 e. The van der Waals surface area contributed by atoms with Crippen LogP contribution in [0.5, 0.6) is 5.75 Å². The highest BCUT2D eigenvalue weighted by molar-refractivity contribution is 5.81. The molecule has 0 fully saturated rings. The summed E-state index contributed by atoms with van der Waals surface area (Å²) in [5, 5.41) is 3.58. The molecule has 1 atom stereocenters. The molecule has 3 aromatic carbocycles. The molecule has 1 unspecified atom stereocenters. The third-order valence-corrected chi connectivity index (χ3v) is 6.27. The largest absolute Gasteiger partial charge is 0.488 e. The van der Waals surface area contributed by atoms with Crippen molar-refractivity contribution in [1.82, 2.24) is 0 Å². The smallest absolute Gasteiger partial charge is 0.133 e. The predicted octanol–water partition coefficient (Wildman–Crippen LogP) is 6.92. The molecule has 30 heavy (non-hydrogen) atoms. The number of nitrogens with one attached hydrogen (secondary N) is 1. The number of fused-ring (bicyclic) bond motifs is 5. The van der Waals surface area contributed by atoms with Gasteiger partial charge in [0.05, 0.1) is 5.54 Å². The Labute approximate surface area is 175 Å². The number of ether oxygens (including phenoxy) is 1. The molecule has 0 radical (unpaired) electrons. The summed E-state index contributed by atoms with van der Waals surface area (Å²) in [6.45, 7) is 6.67. The molecular weight excluding hydrogens is 380 g/mol. The van der Waals surface area contributed by atoms with E-state index in [0.29, 0.717) is 6.61 Å². The first-order chi connectivity index (χ1) is 14.4. The summed E-state index contributed by atoms with van der Waals surface area (Å²) in [5.41, 5.74) is 6.01. The zero-order chi connectivity index (χ0) is 21.0. The van der Waals surface area contributed by atoms with E-state index in [0.717, 1.165) is 39.3 Å². The quantitative estimate of drug-likeness (QED) is 0.476. The highest BCUT2D eigenvalue weighted by Crippen LogP contribution is 2.49. The molecule has 152 valence electrons. The van der Waals surface area contributed by atoms with E-state index in [1.165, 1.54) is 18.2 Å². The van der Waals surface area contributed by atoms with Gasteiger partial charge >= 0.3 is 0 Å². The lowest BCUT2D eigenvalue weighted by Crippen LogP contribution is -2.40. The Morgan fingerprint density at radius 1 is 0.967 bits per heavy atom. The Balaban J connectivity index is 1.70. The maximum atomic E-state index is 14.4. The fourth-order valence-electron chi connectivity index (χ4n) is 4.86. The molecule has 4 heteroatoms. The lowest BCUT2D eigenvalue weighted by atomic mass is 9.73. The zero-order valence-electron chi connectivity index (χ0n) is 17.2. The number of halogens is 2. The van der Waals surface area contributed by atoms with Crippen LogP contribution in [-0.2, 0) is 6.61 Å². The van der Waals surface area contributed by atoms with Crippen LogP contribution < -0.4 is 10.1 Å². The fourth-order valence-corrected chi connectivity index (χ4v) is 4.86. The molecule has 5 rings (SSSR count). The second-order valence-corrected chi connectivity index (χ2v) is 8.54. The highest BCUT2D eigenvalue weighted by atomic mass is 19.1. The van der Waals surface area contributed by atoms with E-state index in [-0.39, 0.29) is 11.5 Å². The molecule has 0 aliphatic carbocycles. The van der Waals surface area contributed by atoms with Crippen LogP contribution in [0.15, 0.2) is 60.2 Å². The Morgan fingerprint density at radius 3 is 2.47 bits per heavy atom. The first-order valence-corrected chi connectivity index (χ1v) is 10.2. The molecule has 0 amide bonds. The summed E-state index contributed by atoms with van der Waals surface area (Å²) in [6.07, 6.45) is 1.67. The van der Waals surface area contributed by atoms with Gasteiger partial charge in [0.25, 0.3) is 0 Å². The molecule has 0 saturated carbocycles. The van der Waals surface area contributed by atoms with E-state index < -0.39 is 17.2 Å². The van der Waals surface area contributed by atoms with E-state index in [1.54, 1.807) is 6.08 Å². The minimum Gasteiger partial charge on any atom is -0.488 e. The van der Waals surface area contributed by atoms with Crippen molar-refractivity contribution in [3.63, 3.8) is 0 Å². The average Bonchev–Trinajstić information content (AvgIpc) is 2.71. The second-order valence-electron chi connectivity index (χ2n) is 8.54. The third kappa shape index (κ3) is 2.82. The first kappa shape index (κ1) is 18.9. The standard InChI is InChI=1S/C26H23F2NO/c1-15-20(13-18-21(27)8-6-9-22(18)28)26(2,3)29-23-12-11-16-17-7-4-5-10-24(17)30-14-19(16)25(15)23/h4-13,15,29H,14H2,1-3H3. The summed E-state index contributed by atoms with van der Waals surface area (Å²) in [5.74, 6) is -0.253. The van der Waals surface area contributed by atoms with Gasteiger partial charge in [0.15, 0.2) is 0 Å². The van der Waals surface area contributed by atoms with Gasteiger partial charge < -0.3 is 10.1 Å². The molecule has 2 nitrogen and oxygen atoms in total. The molecule has 0 bridgehead atoms. The van der Waals surface area contributed by atoms with Crippen molar-refractivity contribution >= 4 is 11.8 Å². The minimum absolute atomic E-state index is 0.00377. The van der Waals surface area contributed by atoms with Crippen LogP contribution in [0.2, 0.25) is 0 Å². The van der Waals surface area contributed by atoms with E-state index >= 15 is 0 Å². The number of hydrogen-bond acceptors (Lipinski definition) is 2. The summed E-state index contributed by atoms with van der Waals surface area (Å²) < 4.78 is 34.8. The van der Waals surface area contributed by atoms with Crippen LogP contribution in [-0.4, -0.2) is 5.54 Å². The monoisotopic (exact) mass is 403 g/mol. The molecule has 3 aromatic rings. The van der Waals surface area contributed by atoms with Crippen molar-refractivity contribution in [2.24, 2.45) is 0 Å². The van der Waals surface area contributed by atoms with Crippen LogP contribution in [0.4, 0.5) is 14.5 Å². The van der Waals surface area contributed by atoms with Gasteiger partial charge in [0.1, 0.15) is 24.0 Å². The van der Waals surface area contributed by atoms with Gasteiger partial charge in [-0.05, 0) is 60.9 Å². The van der Waals surface area contributed by atoms with Crippen molar-refractivity contribution in [2.45, 2.75) is 38.8 Å². The third-order valence-electron chi connectivity index (χ3n) is 6.27. The van der Waals surface area contributed by atoms with Crippen LogP contribution >= 0.6 is 0 Å². The molecule has 2 aliphatic rings. The predicted molar refractivity (Wildman–Crippen MR) is 117 cm³/mol. The van der Waals surface area contributed by atoms with Gasteiger partial charge in [0, 0.05) is 28.3 Å². The van der Waals surface area contributed by atoms with Gasteiger partial charge in [0.2, 0.25) is 0 Å². The Morgan fingerprint density at radius 2 is 1.70 bits per heavy atom. The molecule has 0 aromatic heterocycles. The second kappa shape index (κ2) is 6.69. The molecule has 0 spiro atoms. The lowest BCUT2D eigenvalue weighted by Gasteiger charge is -2.42. The fraction of sp³-hybridized carbons (Fsp3) is 0.231. The van der Waals surface area contributed by atoms with Crippen LogP contribution in [0.1, 0.15) is 43.4 Å². The number of para-hydroxylation sites is 1. The van der Waals surface area contributed by atoms with Crippen molar-refractivity contribution < 1.29 is 13.5 Å². The van der Waals surface area contributed by atoms with Gasteiger partial charge in [-0.15, -0.1) is 0 Å². The van der Waals surface area contributed by atoms with E-state index in [4.69, 9.17) is 4.74 Å². The molecular formula is C26H23F2NO. The number of benzene rings is 3. The topological polar surface area (TPSA) is 21.3 Å². The first-order valence-electron chi connectivity index (χ1n) is 10.2. The maximum absolute atomic E-state index is 14.4. The van der Waals surface area contributed by atoms with Crippen LogP contribution in [0.25, 0.3) is 17.2 Å². The van der Waals surface area contributed by atoms with E-state index in [9.17, 15) is 8.78 Å². The zero-order valence-corrected chi connectivity index (χ0v) is 17.2. The van der Waals surface area contributed by atoms with Crippen molar-refractivity contribution in [3.05, 3.63) is 88.5 Å². The summed E-state index contributed by atoms with van der Waals surface area (Å²) >= 11 is 0. The van der Waals surface area contributed by atoms with Gasteiger partial charge in [-0.1, -0.05) is 37.3 Å². The lowest BCUT2D eigenvalue weighted by molar-refractivity contribution is 0.300. The van der Waals surface area contributed by atoms with Crippen molar-refractivity contribution in [1.29, 1.82) is 0 Å². The average molecular weight is 403 g/mol. The van der Waals surface area contributed by atoms with Crippen molar-refractivity contribution in [3.8, 4) is 16.9 Å². The van der Waals surface area contributed by atoms with Crippen molar-refractivity contribution in [2.75, 3.05) is 5.32 Å². The SMILES string of the molecule is CC1C(=Cc2c(F)cccc2F)C(C)(C)Nc2ccc3c(c21)COc1ccccc1-3.